The highest BCUT2D eigenvalue weighted by Gasteiger charge is 2.24. The lowest BCUT2D eigenvalue weighted by atomic mass is 10.0. The third-order valence-corrected chi connectivity index (χ3v) is 6.56. The minimum atomic E-state index is -0.0376. The van der Waals surface area contributed by atoms with E-state index in [1.165, 1.54) is 0 Å². The van der Waals surface area contributed by atoms with E-state index in [0.29, 0.717) is 34.9 Å². The molecule has 2 aliphatic rings. The summed E-state index contributed by atoms with van der Waals surface area (Å²) in [5.41, 5.74) is 3.01. The number of hydrogen-bond acceptors (Lipinski definition) is 7. The van der Waals surface area contributed by atoms with Gasteiger partial charge in [0.1, 0.15) is 5.75 Å². The molecule has 1 amide bonds. The Morgan fingerprint density at radius 2 is 1.78 bits per heavy atom. The zero-order valence-corrected chi connectivity index (χ0v) is 19.9. The van der Waals surface area contributed by atoms with Crippen molar-refractivity contribution in [2.45, 2.75) is 31.7 Å². The van der Waals surface area contributed by atoms with E-state index in [2.05, 4.69) is 20.7 Å². The Hall–Kier alpha value is -3.98. The Kier molecular flexibility index (Phi) is 6.21. The van der Waals surface area contributed by atoms with Gasteiger partial charge in [-0.25, -0.2) is 0 Å². The summed E-state index contributed by atoms with van der Waals surface area (Å²) >= 11 is 0. The van der Waals surface area contributed by atoms with Crippen LogP contribution in [0.25, 0.3) is 16.8 Å². The van der Waals surface area contributed by atoms with Gasteiger partial charge in [0.25, 0.3) is 5.91 Å². The lowest BCUT2D eigenvalue weighted by Crippen LogP contribution is -2.25. The molecule has 0 radical (unpaired) electrons. The molecule has 6 rings (SSSR count). The number of hydrogen-bond donors (Lipinski definition) is 2. The molecule has 9 nitrogen and oxygen atoms in total. The third kappa shape index (κ3) is 5.01. The van der Waals surface area contributed by atoms with Crippen LogP contribution in [-0.2, 0) is 4.74 Å². The quantitative estimate of drug-likeness (QED) is 0.384. The fourth-order valence-electron chi connectivity index (χ4n) is 4.30. The fourth-order valence-corrected chi connectivity index (χ4v) is 4.30. The molecule has 0 spiro atoms. The first-order valence-corrected chi connectivity index (χ1v) is 12.4. The van der Waals surface area contributed by atoms with Crippen molar-refractivity contribution in [2.24, 2.45) is 5.92 Å². The predicted molar refractivity (Wildman–Crippen MR) is 135 cm³/mol. The Morgan fingerprint density at radius 3 is 2.53 bits per heavy atom. The summed E-state index contributed by atoms with van der Waals surface area (Å²) in [7, 11) is 0. The number of nitrogens with one attached hydrogen (secondary N) is 2. The number of carbonyl (C=O) groups excluding carboxylic acids is 1. The monoisotopic (exact) mass is 484 g/mol. The fraction of sp³-hybridized carbons (Fsp3) is 0.333. The summed E-state index contributed by atoms with van der Waals surface area (Å²) in [6.07, 6.45) is 5.92. The minimum Gasteiger partial charge on any atom is -0.424 e. The molecule has 2 N–H and O–H groups in total. The molecule has 36 heavy (non-hydrogen) atoms. The predicted octanol–water partition coefficient (Wildman–Crippen LogP) is 4.31. The summed E-state index contributed by atoms with van der Waals surface area (Å²) in [6, 6.07) is 17.6. The molecule has 9 heteroatoms. The van der Waals surface area contributed by atoms with Crippen molar-refractivity contribution in [3.8, 4) is 22.9 Å². The Bertz CT molecular complexity index is 1350. The van der Waals surface area contributed by atoms with Gasteiger partial charge in [0, 0.05) is 36.9 Å². The van der Waals surface area contributed by atoms with Gasteiger partial charge in [-0.15, -0.1) is 0 Å². The highest BCUT2D eigenvalue weighted by Crippen LogP contribution is 2.28. The largest absolute Gasteiger partial charge is 0.424 e. The third-order valence-electron chi connectivity index (χ3n) is 6.56. The highest BCUT2D eigenvalue weighted by molar-refractivity contribution is 5.95. The lowest BCUT2D eigenvalue weighted by Gasteiger charge is -2.22. The van der Waals surface area contributed by atoms with Crippen LogP contribution in [0, 0.1) is 5.92 Å². The van der Waals surface area contributed by atoms with Gasteiger partial charge in [-0.05, 0) is 61.4 Å². The van der Waals surface area contributed by atoms with E-state index in [0.717, 1.165) is 56.6 Å². The van der Waals surface area contributed by atoms with Crippen LogP contribution >= 0.6 is 0 Å². The Balaban J connectivity index is 1.31. The molecule has 0 unspecified atom stereocenters. The summed E-state index contributed by atoms with van der Waals surface area (Å²) in [5.74, 6) is 1.70. The second-order valence-electron chi connectivity index (χ2n) is 9.30. The molecule has 2 aromatic heterocycles. The van der Waals surface area contributed by atoms with Crippen LogP contribution in [0.4, 0.5) is 5.95 Å². The van der Waals surface area contributed by atoms with E-state index < -0.39 is 0 Å². The van der Waals surface area contributed by atoms with Gasteiger partial charge >= 0.3 is 6.01 Å². The van der Waals surface area contributed by atoms with Crippen molar-refractivity contribution < 1.29 is 14.3 Å². The number of amides is 1. The van der Waals surface area contributed by atoms with Crippen molar-refractivity contribution in [1.82, 2.24) is 24.9 Å². The average Bonchev–Trinajstić information content (AvgIpc) is 3.64. The van der Waals surface area contributed by atoms with Crippen LogP contribution in [0.1, 0.15) is 36.0 Å². The molecule has 1 aliphatic heterocycles. The molecule has 1 aliphatic carbocycles. The maximum atomic E-state index is 12.4. The van der Waals surface area contributed by atoms with E-state index >= 15 is 0 Å². The highest BCUT2D eigenvalue weighted by atomic mass is 16.5. The molecule has 1 saturated heterocycles. The molecule has 0 bridgehead atoms. The second-order valence-corrected chi connectivity index (χ2v) is 9.30. The van der Waals surface area contributed by atoms with Gasteiger partial charge in [0.2, 0.25) is 5.95 Å². The molecular formula is C27H28N6O3. The van der Waals surface area contributed by atoms with E-state index in [4.69, 9.17) is 14.5 Å². The maximum Gasteiger partial charge on any atom is 0.327 e. The number of ether oxygens (including phenoxy) is 2. The van der Waals surface area contributed by atoms with Gasteiger partial charge < -0.3 is 20.1 Å². The van der Waals surface area contributed by atoms with Crippen molar-refractivity contribution in [3.05, 3.63) is 66.4 Å². The Morgan fingerprint density at radius 1 is 1.00 bits per heavy atom. The number of para-hydroxylation sites is 1. The molecule has 1 saturated carbocycles. The van der Waals surface area contributed by atoms with Gasteiger partial charge in [-0.2, -0.15) is 19.6 Å². The zero-order valence-electron chi connectivity index (χ0n) is 19.9. The average molecular weight is 485 g/mol. The van der Waals surface area contributed by atoms with E-state index in [9.17, 15) is 4.79 Å². The van der Waals surface area contributed by atoms with E-state index in [1.807, 2.05) is 54.6 Å². The van der Waals surface area contributed by atoms with Crippen molar-refractivity contribution in [1.29, 1.82) is 0 Å². The molecular weight excluding hydrogens is 456 g/mol. The van der Waals surface area contributed by atoms with Crippen molar-refractivity contribution >= 4 is 17.5 Å². The van der Waals surface area contributed by atoms with Crippen LogP contribution < -0.4 is 15.4 Å². The van der Waals surface area contributed by atoms with Crippen LogP contribution in [0.3, 0.4) is 0 Å². The van der Waals surface area contributed by atoms with E-state index in [1.54, 1.807) is 10.7 Å². The molecule has 4 aromatic rings. The van der Waals surface area contributed by atoms with Gasteiger partial charge in [-0.3, -0.25) is 4.79 Å². The van der Waals surface area contributed by atoms with Gasteiger partial charge in [0.05, 0.1) is 6.20 Å². The topological polar surface area (TPSA) is 103 Å². The molecule has 0 atom stereocenters. The number of aromatic nitrogens is 4. The molecule has 2 aromatic carbocycles. The van der Waals surface area contributed by atoms with Crippen LogP contribution in [0.15, 0.2) is 60.8 Å². The van der Waals surface area contributed by atoms with Crippen LogP contribution in [0.5, 0.6) is 11.8 Å². The summed E-state index contributed by atoms with van der Waals surface area (Å²) < 4.78 is 13.2. The van der Waals surface area contributed by atoms with Crippen molar-refractivity contribution in [2.75, 3.05) is 25.1 Å². The number of anilines is 1. The summed E-state index contributed by atoms with van der Waals surface area (Å²) in [6.45, 7) is 2.34. The standard InChI is InChI=1S/C27H28N6O3/c34-25(30-21-10-11-21)20-8-6-19(7-9-20)23-17-29-33-24(23)31-27(36-22-4-2-1-3-5-22)32-26(33)28-16-18-12-14-35-15-13-18/h1-9,17-18,21H,10-16H2,(H,30,34)(H,28,31,32). The molecule has 184 valence electrons. The number of nitrogens with zero attached hydrogens (tertiary/aromatic N) is 4. The first-order chi connectivity index (χ1) is 17.7. The first-order valence-electron chi connectivity index (χ1n) is 12.4. The van der Waals surface area contributed by atoms with E-state index in [-0.39, 0.29) is 11.9 Å². The smallest absolute Gasteiger partial charge is 0.327 e. The molecule has 3 heterocycles. The number of fused-ring (bicyclic) bond motifs is 1. The normalized spacial score (nSPS) is 16.1. The lowest BCUT2D eigenvalue weighted by molar-refractivity contribution is 0.0699. The van der Waals surface area contributed by atoms with Crippen molar-refractivity contribution in [3.63, 3.8) is 0 Å². The zero-order chi connectivity index (χ0) is 24.3. The Labute approximate surface area is 208 Å². The number of rotatable bonds is 8. The van der Waals surface area contributed by atoms with Crippen LogP contribution in [0.2, 0.25) is 0 Å². The number of benzene rings is 2. The van der Waals surface area contributed by atoms with Crippen LogP contribution in [-0.4, -0.2) is 51.3 Å². The summed E-state index contributed by atoms with van der Waals surface area (Å²) in [4.78, 5) is 21.7. The number of carbonyl (C=O) groups is 1. The summed E-state index contributed by atoms with van der Waals surface area (Å²) in [5, 5.41) is 11.1. The maximum absolute atomic E-state index is 12.4. The second kappa shape index (κ2) is 9.94. The van der Waals surface area contributed by atoms with Gasteiger partial charge in [-0.1, -0.05) is 30.3 Å². The molecule has 2 fully saturated rings. The van der Waals surface area contributed by atoms with Gasteiger partial charge in [0.15, 0.2) is 5.65 Å². The minimum absolute atomic E-state index is 0.0376. The first kappa shape index (κ1) is 22.5. The SMILES string of the molecule is O=C(NC1CC1)c1ccc(-c2cnn3c(NCC4CCOCC4)nc(Oc4ccccc4)nc23)cc1.